The Hall–Kier alpha value is -3.61. The van der Waals surface area contributed by atoms with Crippen LogP contribution in [0.15, 0.2) is 72.8 Å². The first kappa shape index (κ1) is 20.7. The number of rotatable bonds is 6. The van der Waals surface area contributed by atoms with Crippen molar-refractivity contribution in [3.63, 3.8) is 0 Å². The lowest BCUT2D eigenvalue weighted by molar-refractivity contribution is -0.137. The summed E-state index contributed by atoms with van der Waals surface area (Å²) in [6, 6.07) is 20.9. The number of halogens is 3. The minimum atomic E-state index is -4.34. The number of aromatic nitrogens is 2. The van der Waals surface area contributed by atoms with Crippen LogP contribution in [0.25, 0.3) is 10.9 Å². The van der Waals surface area contributed by atoms with Gasteiger partial charge in [0.05, 0.1) is 11.1 Å². The zero-order chi connectivity index (χ0) is 21.8. The van der Waals surface area contributed by atoms with Crippen molar-refractivity contribution >= 4 is 22.7 Å². The molecule has 1 aromatic heterocycles. The third-order valence-corrected chi connectivity index (χ3v) is 4.92. The predicted molar refractivity (Wildman–Crippen MR) is 117 cm³/mol. The molecule has 0 bridgehead atoms. The highest BCUT2D eigenvalue weighted by Gasteiger charge is 2.29. The van der Waals surface area contributed by atoms with E-state index >= 15 is 0 Å². The maximum atomic E-state index is 12.8. The summed E-state index contributed by atoms with van der Waals surface area (Å²) in [4.78, 5) is 9.17. The maximum absolute atomic E-state index is 12.8. The molecule has 0 radical (unpaired) electrons. The minimum Gasteiger partial charge on any atom is -0.365 e. The van der Waals surface area contributed by atoms with Gasteiger partial charge in [-0.25, -0.2) is 4.98 Å². The van der Waals surface area contributed by atoms with E-state index in [4.69, 9.17) is 0 Å². The van der Waals surface area contributed by atoms with Gasteiger partial charge in [0.25, 0.3) is 0 Å². The van der Waals surface area contributed by atoms with Crippen molar-refractivity contribution in [2.45, 2.75) is 26.2 Å². The van der Waals surface area contributed by atoms with Crippen LogP contribution in [0.3, 0.4) is 0 Å². The topological polar surface area (TPSA) is 49.8 Å². The zero-order valence-electron chi connectivity index (χ0n) is 16.9. The highest BCUT2D eigenvalue weighted by Crippen LogP contribution is 2.29. The first-order chi connectivity index (χ1) is 14.9. The van der Waals surface area contributed by atoms with E-state index < -0.39 is 11.7 Å². The normalized spacial score (nSPS) is 11.5. The van der Waals surface area contributed by atoms with Gasteiger partial charge in [-0.2, -0.15) is 18.2 Å². The van der Waals surface area contributed by atoms with E-state index in [-0.39, 0.29) is 0 Å². The molecule has 3 aromatic carbocycles. The fourth-order valence-corrected chi connectivity index (χ4v) is 3.17. The molecule has 0 atom stereocenters. The van der Waals surface area contributed by atoms with Crippen molar-refractivity contribution in [2.75, 3.05) is 10.6 Å². The molecule has 4 rings (SSSR count). The fourth-order valence-electron chi connectivity index (χ4n) is 3.17. The molecule has 2 N–H and O–H groups in total. The lowest BCUT2D eigenvalue weighted by Gasteiger charge is -2.13. The Bertz CT molecular complexity index is 1170. The molecule has 0 saturated heterocycles. The van der Waals surface area contributed by atoms with Crippen LogP contribution in [0.5, 0.6) is 0 Å². The Labute approximate surface area is 178 Å². The molecular formula is C24H21F3N4. The number of nitrogens with one attached hydrogen (secondary N) is 2. The average molecular weight is 422 g/mol. The summed E-state index contributed by atoms with van der Waals surface area (Å²) in [5, 5.41) is 7.33. The molecule has 0 aliphatic carbocycles. The molecule has 0 aliphatic heterocycles. The molecule has 0 aliphatic rings. The summed E-state index contributed by atoms with van der Waals surface area (Å²) in [5.41, 5.74) is 3.15. The Morgan fingerprint density at radius 3 is 2.03 bits per heavy atom. The second-order valence-electron chi connectivity index (χ2n) is 7.30. The van der Waals surface area contributed by atoms with Crippen LogP contribution in [0.4, 0.5) is 24.9 Å². The van der Waals surface area contributed by atoms with Gasteiger partial charge < -0.3 is 10.6 Å². The van der Waals surface area contributed by atoms with Crippen molar-refractivity contribution in [3.05, 3.63) is 95.1 Å². The summed E-state index contributed by atoms with van der Waals surface area (Å²) in [5.74, 6) is 1.10. The van der Waals surface area contributed by atoms with Crippen LogP contribution >= 0.6 is 0 Å². The minimum absolute atomic E-state index is 0.344. The number of fused-ring (bicyclic) bond motifs is 1. The second-order valence-corrected chi connectivity index (χ2v) is 7.30. The van der Waals surface area contributed by atoms with Crippen molar-refractivity contribution in [3.8, 4) is 0 Å². The number of anilines is 2. The van der Waals surface area contributed by atoms with Crippen molar-refractivity contribution in [2.24, 2.45) is 0 Å². The molecule has 0 saturated carbocycles. The molecule has 4 aromatic rings. The lowest BCUT2D eigenvalue weighted by atomic mass is 10.1. The predicted octanol–water partition coefficient (Wildman–Crippen LogP) is 6.18. The number of benzene rings is 3. The Morgan fingerprint density at radius 2 is 1.35 bits per heavy atom. The van der Waals surface area contributed by atoms with E-state index in [1.54, 1.807) is 0 Å². The zero-order valence-corrected chi connectivity index (χ0v) is 16.9. The quantitative estimate of drug-likeness (QED) is 0.390. The Kier molecular flexibility index (Phi) is 5.75. The van der Waals surface area contributed by atoms with Crippen molar-refractivity contribution in [1.29, 1.82) is 0 Å². The molecular weight excluding hydrogens is 401 g/mol. The fraction of sp³-hybridized carbons (Fsp3) is 0.167. The van der Waals surface area contributed by atoms with Gasteiger partial charge in [-0.15, -0.1) is 0 Å². The highest BCUT2D eigenvalue weighted by atomic mass is 19.4. The molecule has 158 valence electrons. The van der Waals surface area contributed by atoms with Crippen molar-refractivity contribution in [1.82, 2.24) is 9.97 Å². The molecule has 0 amide bonds. The molecule has 0 fully saturated rings. The SMILES string of the molecule is Cc1ccc(CNc2nc(NCc3ccc(C(F)(F)F)cc3)c3ccccc3n2)cc1. The smallest absolute Gasteiger partial charge is 0.365 e. The van der Waals surface area contributed by atoms with Crippen LogP contribution < -0.4 is 10.6 Å². The van der Waals surface area contributed by atoms with Crippen LogP contribution in [-0.4, -0.2) is 9.97 Å². The Balaban J connectivity index is 1.52. The number of hydrogen-bond donors (Lipinski definition) is 2. The van der Waals surface area contributed by atoms with E-state index in [1.165, 1.54) is 17.7 Å². The lowest BCUT2D eigenvalue weighted by Crippen LogP contribution is -2.08. The van der Waals surface area contributed by atoms with Gasteiger partial charge in [0.1, 0.15) is 5.82 Å². The Morgan fingerprint density at radius 1 is 0.742 bits per heavy atom. The molecule has 0 spiro atoms. The van der Waals surface area contributed by atoms with E-state index in [0.717, 1.165) is 34.2 Å². The van der Waals surface area contributed by atoms with Crippen LogP contribution in [-0.2, 0) is 19.3 Å². The van der Waals surface area contributed by atoms with Gasteiger partial charge in [-0.05, 0) is 42.3 Å². The summed E-state index contributed by atoms with van der Waals surface area (Å²) >= 11 is 0. The molecule has 0 unspecified atom stereocenters. The average Bonchev–Trinajstić information content (AvgIpc) is 2.77. The van der Waals surface area contributed by atoms with Gasteiger partial charge in [0.2, 0.25) is 5.95 Å². The van der Waals surface area contributed by atoms with Crippen molar-refractivity contribution < 1.29 is 13.2 Å². The largest absolute Gasteiger partial charge is 0.416 e. The van der Waals surface area contributed by atoms with E-state index in [0.29, 0.717) is 24.9 Å². The molecule has 31 heavy (non-hydrogen) atoms. The number of aryl methyl sites for hydroxylation is 1. The van der Waals surface area contributed by atoms with Gasteiger partial charge >= 0.3 is 6.18 Å². The monoisotopic (exact) mass is 422 g/mol. The summed E-state index contributed by atoms with van der Waals surface area (Å²) < 4.78 is 38.3. The summed E-state index contributed by atoms with van der Waals surface area (Å²) in [7, 11) is 0. The summed E-state index contributed by atoms with van der Waals surface area (Å²) in [6.45, 7) is 2.96. The van der Waals surface area contributed by atoms with Gasteiger partial charge in [0, 0.05) is 18.5 Å². The number of hydrogen-bond acceptors (Lipinski definition) is 4. The van der Waals surface area contributed by atoms with E-state index in [1.807, 2.05) is 43.3 Å². The molecule has 7 heteroatoms. The van der Waals surface area contributed by atoms with Crippen LogP contribution in [0.1, 0.15) is 22.3 Å². The first-order valence-corrected chi connectivity index (χ1v) is 9.85. The number of para-hydroxylation sites is 1. The summed E-state index contributed by atoms with van der Waals surface area (Å²) in [6.07, 6.45) is -4.34. The molecule has 1 heterocycles. The third kappa shape index (κ3) is 5.12. The standard InChI is InChI=1S/C24H21F3N4/c1-16-6-8-17(9-7-16)15-29-23-30-21-5-3-2-4-20(21)22(31-23)28-14-18-10-12-19(13-11-18)24(25,26)27/h2-13H,14-15H2,1H3,(H2,28,29,30,31). The highest BCUT2D eigenvalue weighted by molar-refractivity contribution is 5.90. The van der Waals surface area contributed by atoms with E-state index in [9.17, 15) is 13.2 Å². The van der Waals surface area contributed by atoms with Crippen LogP contribution in [0, 0.1) is 6.92 Å². The molecule has 4 nitrogen and oxygen atoms in total. The van der Waals surface area contributed by atoms with Gasteiger partial charge in [0.15, 0.2) is 0 Å². The number of nitrogens with zero attached hydrogens (tertiary/aromatic N) is 2. The third-order valence-electron chi connectivity index (χ3n) is 4.92. The van der Waals surface area contributed by atoms with Gasteiger partial charge in [-0.1, -0.05) is 54.1 Å². The second kappa shape index (κ2) is 8.63. The van der Waals surface area contributed by atoms with Gasteiger partial charge in [-0.3, -0.25) is 0 Å². The number of alkyl halides is 3. The van der Waals surface area contributed by atoms with Crippen LogP contribution in [0.2, 0.25) is 0 Å². The first-order valence-electron chi connectivity index (χ1n) is 9.85. The maximum Gasteiger partial charge on any atom is 0.416 e. The van der Waals surface area contributed by atoms with E-state index in [2.05, 4.69) is 32.7 Å².